The molecule has 0 aromatic heterocycles. The van der Waals surface area contributed by atoms with Crippen LogP contribution in [0.15, 0.2) is 42.5 Å². The minimum absolute atomic E-state index is 0.180. The van der Waals surface area contributed by atoms with E-state index < -0.39 is 11.6 Å². The van der Waals surface area contributed by atoms with Crippen molar-refractivity contribution in [2.75, 3.05) is 20.1 Å². The average molecular weight is 313 g/mol. The van der Waals surface area contributed by atoms with Gasteiger partial charge in [-0.2, -0.15) is 0 Å². The molecule has 0 unspecified atom stereocenters. The van der Waals surface area contributed by atoms with Gasteiger partial charge in [-0.25, -0.2) is 4.79 Å². The predicted octanol–water partition coefficient (Wildman–Crippen LogP) is 2.09. The Bertz CT molecular complexity index is 621. The van der Waals surface area contributed by atoms with Gasteiger partial charge in [0.25, 0.3) is 5.60 Å². The molecule has 0 saturated carbocycles. The van der Waals surface area contributed by atoms with Crippen molar-refractivity contribution < 1.29 is 14.6 Å². The zero-order chi connectivity index (χ0) is 16.9. The van der Waals surface area contributed by atoms with Crippen molar-refractivity contribution in [1.29, 1.82) is 0 Å². The van der Waals surface area contributed by atoms with Crippen LogP contribution in [-0.2, 0) is 15.1 Å². The second-order valence-electron chi connectivity index (χ2n) is 6.01. The molecule has 1 aromatic carbocycles. The Morgan fingerprint density at radius 2 is 1.96 bits per heavy atom. The molecule has 1 heterocycles. The van der Waals surface area contributed by atoms with Crippen LogP contribution >= 0.6 is 0 Å². The lowest BCUT2D eigenvalue weighted by Crippen LogP contribution is -2.41. The van der Waals surface area contributed by atoms with Crippen molar-refractivity contribution >= 4 is 5.97 Å². The number of likely N-dealkylation sites (tertiary alicyclic amines) is 1. The van der Waals surface area contributed by atoms with E-state index in [-0.39, 0.29) is 6.10 Å². The van der Waals surface area contributed by atoms with Gasteiger partial charge in [0.2, 0.25) is 0 Å². The molecule has 1 atom stereocenters. The molecule has 122 valence electrons. The van der Waals surface area contributed by atoms with E-state index in [4.69, 9.17) is 4.74 Å². The normalized spacial score (nSPS) is 18.4. The number of allylic oxidation sites excluding steroid dienone is 1. The van der Waals surface area contributed by atoms with E-state index in [1.165, 1.54) is 0 Å². The topological polar surface area (TPSA) is 49.8 Å². The van der Waals surface area contributed by atoms with E-state index in [0.29, 0.717) is 11.1 Å². The van der Waals surface area contributed by atoms with Crippen molar-refractivity contribution in [1.82, 2.24) is 4.90 Å². The fourth-order valence-electron chi connectivity index (χ4n) is 2.46. The van der Waals surface area contributed by atoms with Gasteiger partial charge in [0.15, 0.2) is 0 Å². The first-order chi connectivity index (χ1) is 10.9. The lowest BCUT2D eigenvalue weighted by molar-refractivity contribution is -0.168. The molecule has 4 nitrogen and oxygen atoms in total. The Hall–Kier alpha value is -2.09. The number of rotatable bonds is 3. The molecule has 1 aromatic rings. The van der Waals surface area contributed by atoms with Gasteiger partial charge in [0.1, 0.15) is 6.10 Å². The first kappa shape index (κ1) is 17.3. The molecule has 1 N–H and O–H groups in total. The fraction of sp³-hybridized carbons (Fsp3) is 0.421. The van der Waals surface area contributed by atoms with Gasteiger partial charge in [-0.1, -0.05) is 42.8 Å². The van der Waals surface area contributed by atoms with Crippen LogP contribution in [-0.4, -0.2) is 42.2 Å². The van der Waals surface area contributed by atoms with Gasteiger partial charge in [-0.15, -0.1) is 0 Å². The molecular weight excluding hydrogens is 290 g/mol. The molecule has 1 aliphatic heterocycles. The molecule has 0 spiro atoms. The van der Waals surface area contributed by atoms with Crippen molar-refractivity contribution in [3.8, 4) is 11.8 Å². The van der Waals surface area contributed by atoms with Crippen LogP contribution in [0.2, 0.25) is 0 Å². The van der Waals surface area contributed by atoms with E-state index in [2.05, 4.69) is 23.3 Å². The Kier molecular flexibility index (Phi) is 5.59. The van der Waals surface area contributed by atoms with Crippen LogP contribution in [0, 0.1) is 11.8 Å². The van der Waals surface area contributed by atoms with E-state index in [1.807, 2.05) is 13.1 Å². The van der Waals surface area contributed by atoms with Crippen LogP contribution in [0.1, 0.15) is 25.3 Å². The second-order valence-corrected chi connectivity index (χ2v) is 6.01. The maximum absolute atomic E-state index is 12.6. The van der Waals surface area contributed by atoms with Gasteiger partial charge in [-0.3, -0.25) is 0 Å². The number of carbonyl (C=O) groups is 1. The summed E-state index contributed by atoms with van der Waals surface area (Å²) in [6.07, 6.45) is 1.35. The summed E-state index contributed by atoms with van der Waals surface area (Å²) < 4.78 is 5.54. The number of esters is 1. The first-order valence-electron chi connectivity index (χ1n) is 7.78. The third kappa shape index (κ3) is 4.44. The zero-order valence-corrected chi connectivity index (χ0v) is 13.7. The highest BCUT2D eigenvalue weighted by Crippen LogP contribution is 2.24. The van der Waals surface area contributed by atoms with Crippen molar-refractivity contribution in [2.24, 2.45) is 0 Å². The summed E-state index contributed by atoms with van der Waals surface area (Å²) in [4.78, 5) is 14.8. The molecular formula is C19H23NO3. The van der Waals surface area contributed by atoms with Crippen molar-refractivity contribution in [3.63, 3.8) is 0 Å². The monoisotopic (exact) mass is 313 g/mol. The van der Waals surface area contributed by atoms with Gasteiger partial charge >= 0.3 is 5.97 Å². The third-order valence-corrected chi connectivity index (χ3v) is 3.88. The Balaban J connectivity index is 2.22. The lowest BCUT2D eigenvalue weighted by atomic mass is 9.94. The smallest absolute Gasteiger partial charge is 0.356 e. The number of carbonyl (C=O) groups excluding carboxylic acids is 1. The summed E-state index contributed by atoms with van der Waals surface area (Å²) in [6.45, 7) is 7.16. The van der Waals surface area contributed by atoms with Crippen LogP contribution in [0.5, 0.6) is 0 Å². The number of ether oxygens (including phenoxy) is 1. The molecule has 1 fully saturated rings. The molecule has 23 heavy (non-hydrogen) atoms. The molecule has 1 aliphatic rings. The molecule has 0 bridgehead atoms. The van der Waals surface area contributed by atoms with Crippen molar-refractivity contribution in [3.05, 3.63) is 48.0 Å². The maximum Gasteiger partial charge on any atom is 0.356 e. The van der Waals surface area contributed by atoms with Crippen molar-refractivity contribution in [2.45, 2.75) is 31.5 Å². The van der Waals surface area contributed by atoms with E-state index in [9.17, 15) is 9.90 Å². The minimum Gasteiger partial charge on any atom is -0.459 e. The van der Waals surface area contributed by atoms with Crippen LogP contribution in [0.4, 0.5) is 0 Å². The number of piperidine rings is 1. The molecule has 2 rings (SSSR count). The molecule has 0 radical (unpaired) electrons. The minimum atomic E-state index is -1.97. The summed E-state index contributed by atoms with van der Waals surface area (Å²) in [5.41, 5.74) is -0.984. The number of hydrogen-bond acceptors (Lipinski definition) is 4. The Morgan fingerprint density at radius 1 is 1.35 bits per heavy atom. The highest BCUT2D eigenvalue weighted by atomic mass is 16.6. The van der Waals surface area contributed by atoms with Crippen LogP contribution < -0.4 is 0 Å². The summed E-state index contributed by atoms with van der Waals surface area (Å²) in [6, 6.07) is 8.67. The molecule has 1 saturated heterocycles. The SMILES string of the molecule is C=C(C)C#C[C@](O)(C(=O)OC1CCN(C)CC1)c1ccccc1. The standard InChI is InChI=1S/C19H23NO3/c1-15(2)9-12-19(22,16-7-5-4-6-8-16)18(21)23-17-10-13-20(3)14-11-17/h4-8,17,22H,1,10-11,13-14H2,2-3H3/t19-/m1/s1. The fourth-order valence-corrected chi connectivity index (χ4v) is 2.46. The predicted molar refractivity (Wildman–Crippen MR) is 89.5 cm³/mol. The van der Waals surface area contributed by atoms with Gasteiger partial charge in [-0.05, 0) is 38.3 Å². The highest BCUT2D eigenvalue weighted by molar-refractivity contribution is 5.85. The number of hydrogen-bond donors (Lipinski definition) is 1. The third-order valence-electron chi connectivity index (χ3n) is 3.88. The lowest BCUT2D eigenvalue weighted by Gasteiger charge is -2.30. The van der Waals surface area contributed by atoms with E-state index in [0.717, 1.165) is 25.9 Å². The summed E-state index contributed by atoms with van der Waals surface area (Å²) >= 11 is 0. The number of nitrogens with zero attached hydrogens (tertiary/aromatic N) is 1. The number of aliphatic hydroxyl groups is 1. The second kappa shape index (κ2) is 7.45. The van der Waals surface area contributed by atoms with Gasteiger partial charge in [0.05, 0.1) is 0 Å². The van der Waals surface area contributed by atoms with Gasteiger partial charge in [0, 0.05) is 18.7 Å². The average Bonchev–Trinajstić information content (AvgIpc) is 2.55. The quantitative estimate of drug-likeness (QED) is 0.686. The van der Waals surface area contributed by atoms with Crippen LogP contribution in [0.3, 0.4) is 0 Å². The Labute approximate surface area is 137 Å². The molecule has 0 amide bonds. The van der Waals surface area contributed by atoms with Crippen LogP contribution in [0.25, 0.3) is 0 Å². The maximum atomic E-state index is 12.6. The largest absolute Gasteiger partial charge is 0.459 e. The first-order valence-corrected chi connectivity index (χ1v) is 7.78. The summed E-state index contributed by atoms with van der Waals surface area (Å²) in [5.74, 6) is 4.62. The zero-order valence-electron chi connectivity index (χ0n) is 13.7. The van der Waals surface area contributed by atoms with E-state index >= 15 is 0 Å². The summed E-state index contributed by atoms with van der Waals surface area (Å²) in [5, 5.41) is 10.9. The molecule has 0 aliphatic carbocycles. The summed E-state index contributed by atoms with van der Waals surface area (Å²) in [7, 11) is 2.04. The van der Waals surface area contributed by atoms with E-state index in [1.54, 1.807) is 31.2 Å². The molecule has 4 heteroatoms. The van der Waals surface area contributed by atoms with Gasteiger partial charge < -0.3 is 14.7 Å². The number of benzene rings is 1. The highest BCUT2D eigenvalue weighted by Gasteiger charge is 2.39. The Morgan fingerprint density at radius 3 is 2.52 bits per heavy atom.